The Morgan fingerprint density at radius 1 is 1.03 bits per heavy atom. The average molecular weight is 529 g/mol. The van der Waals surface area contributed by atoms with Crippen LogP contribution in [0.5, 0.6) is 0 Å². The minimum Gasteiger partial charge on any atom is -0.475 e. The SMILES string of the molecule is Cc1nc(N)ncc1-c1ccc(-c2ccccc2S(=O)(=O)NC(C)(C)C)cc1F.O=C(O)C(F)(F)F. The maximum atomic E-state index is 14.9. The van der Waals surface area contributed by atoms with Gasteiger partial charge in [-0.15, -0.1) is 0 Å². The van der Waals surface area contributed by atoms with Gasteiger partial charge in [-0.05, 0) is 45.4 Å². The summed E-state index contributed by atoms with van der Waals surface area (Å²) in [5, 5.41) is 7.12. The molecule has 36 heavy (non-hydrogen) atoms. The van der Waals surface area contributed by atoms with E-state index in [4.69, 9.17) is 15.6 Å². The summed E-state index contributed by atoms with van der Waals surface area (Å²) < 4.78 is 75.0. The summed E-state index contributed by atoms with van der Waals surface area (Å²) in [5.74, 6) is -3.14. The first-order valence-electron chi connectivity index (χ1n) is 10.2. The van der Waals surface area contributed by atoms with E-state index in [0.29, 0.717) is 27.9 Å². The third-order valence-corrected chi connectivity index (χ3v) is 6.24. The van der Waals surface area contributed by atoms with Crippen molar-refractivity contribution in [2.45, 2.75) is 44.3 Å². The second kappa shape index (κ2) is 10.6. The second-order valence-electron chi connectivity index (χ2n) is 8.58. The van der Waals surface area contributed by atoms with E-state index < -0.39 is 33.5 Å². The van der Waals surface area contributed by atoms with Crippen LogP contribution in [0.3, 0.4) is 0 Å². The van der Waals surface area contributed by atoms with E-state index in [0.717, 1.165) is 0 Å². The number of nitrogens with zero attached hydrogens (tertiary/aromatic N) is 2. The molecule has 4 N–H and O–H groups in total. The van der Waals surface area contributed by atoms with E-state index in [2.05, 4.69) is 14.7 Å². The van der Waals surface area contributed by atoms with Gasteiger partial charge in [0.25, 0.3) is 0 Å². The predicted octanol–water partition coefficient (Wildman–Crippen LogP) is 4.55. The zero-order chi connectivity index (χ0) is 27.5. The molecule has 0 spiro atoms. The molecule has 0 bridgehead atoms. The number of hydrogen-bond donors (Lipinski definition) is 3. The Labute approximate surface area is 205 Å². The molecular formula is C23H24F4N4O4S. The lowest BCUT2D eigenvalue weighted by Crippen LogP contribution is -2.40. The monoisotopic (exact) mass is 528 g/mol. The van der Waals surface area contributed by atoms with Gasteiger partial charge in [0.1, 0.15) is 5.82 Å². The first-order chi connectivity index (χ1) is 16.4. The number of aliphatic carboxylic acids is 1. The van der Waals surface area contributed by atoms with E-state index in [9.17, 15) is 26.0 Å². The fraction of sp³-hybridized carbons (Fsp3) is 0.261. The number of aryl methyl sites for hydroxylation is 1. The van der Waals surface area contributed by atoms with Crippen LogP contribution in [0.1, 0.15) is 26.5 Å². The highest BCUT2D eigenvalue weighted by atomic mass is 32.2. The molecule has 0 amide bonds. The van der Waals surface area contributed by atoms with Crippen molar-refractivity contribution >= 4 is 21.9 Å². The molecule has 0 aliphatic carbocycles. The van der Waals surface area contributed by atoms with Crippen molar-refractivity contribution in [2.24, 2.45) is 0 Å². The van der Waals surface area contributed by atoms with Crippen molar-refractivity contribution in [2.75, 3.05) is 5.73 Å². The number of nitrogens with two attached hydrogens (primary N) is 1. The van der Waals surface area contributed by atoms with Gasteiger partial charge in [-0.2, -0.15) is 13.2 Å². The predicted molar refractivity (Wildman–Crippen MR) is 126 cm³/mol. The lowest BCUT2D eigenvalue weighted by molar-refractivity contribution is -0.192. The van der Waals surface area contributed by atoms with Crippen LogP contribution in [-0.4, -0.2) is 41.2 Å². The third kappa shape index (κ3) is 7.46. The largest absolute Gasteiger partial charge is 0.490 e. The van der Waals surface area contributed by atoms with Gasteiger partial charge in [-0.3, -0.25) is 0 Å². The molecule has 0 saturated carbocycles. The van der Waals surface area contributed by atoms with Gasteiger partial charge in [0.05, 0.1) is 10.6 Å². The number of nitrogen functional groups attached to an aromatic ring is 1. The lowest BCUT2D eigenvalue weighted by Gasteiger charge is -2.21. The van der Waals surface area contributed by atoms with Crippen molar-refractivity contribution < 1.29 is 35.9 Å². The number of nitrogens with one attached hydrogen (secondary N) is 1. The first-order valence-corrected chi connectivity index (χ1v) is 11.7. The number of halogens is 4. The number of carboxylic acid groups (broad SMARTS) is 1. The number of benzene rings is 2. The van der Waals surface area contributed by atoms with Crippen LogP contribution >= 0.6 is 0 Å². The van der Waals surface area contributed by atoms with Gasteiger partial charge in [0, 0.05) is 28.4 Å². The number of aromatic nitrogens is 2. The maximum Gasteiger partial charge on any atom is 0.490 e. The summed E-state index contributed by atoms with van der Waals surface area (Å²) >= 11 is 0. The van der Waals surface area contributed by atoms with Crippen LogP contribution in [0.4, 0.5) is 23.5 Å². The molecule has 1 heterocycles. The number of hydrogen-bond acceptors (Lipinski definition) is 6. The molecule has 0 saturated heterocycles. The molecule has 0 aliphatic heterocycles. The molecule has 8 nitrogen and oxygen atoms in total. The lowest BCUT2D eigenvalue weighted by atomic mass is 9.99. The van der Waals surface area contributed by atoms with Crippen LogP contribution in [0, 0.1) is 12.7 Å². The number of sulfonamides is 1. The fourth-order valence-corrected chi connectivity index (χ4v) is 4.70. The van der Waals surface area contributed by atoms with Crippen molar-refractivity contribution in [3.8, 4) is 22.3 Å². The Morgan fingerprint density at radius 2 is 1.61 bits per heavy atom. The summed E-state index contributed by atoms with van der Waals surface area (Å²) in [6, 6.07) is 11.1. The highest BCUT2D eigenvalue weighted by molar-refractivity contribution is 7.89. The van der Waals surface area contributed by atoms with Crippen molar-refractivity contribution in [3.63, 3.8) is 0 Å². The summed E-state index contributed by atoms with van der Waals surface area (Å²) in [6.45, 7) is 7.01. The molecule has 194 valence electrons. The highest BCUT2D eigenvalue weighted by Gasteiger charge is 2.38. The third-order valence-electron chi connectivity index (χ3n) is 4.43. The van der Waals surface area contributed by atoms with E-state index in [1.165, 1.54) is 18.3 Å². The Kier molecular flexibility index (Phi) is 8.42. The normalized spacial score (nSPS) is 12.0. The number of alkyl halides is 3. The molecule has 0 atom stereocenters. The topological polar surface area (TPSA) is 135 Å². The van der Waals surface area contributed by atoms with Gasteiger partial charge < -0.3 is 10.8 Å². The number of carboxylic acids is 1. The zero-order valence-corrected chi connectivity index (χ0v) is 20.5. The molecule has 0 aliphatic rings. The molecule has 3 rings (SSSR count). The fourth-order valence-electron chi connectivity index (χ4n) is 3.05. The smallest absolute Gasteiger partial charge is 0.475 e. The second-order valence-corrected chi connectivity index (χ2v) is 10.2. The van der Waals surface area contributed by atoms with E-state index in [-0.39, 0.29) is 10.8 Å². The quantitative estimate of drug-likeness (QED) is 0.423. The van der Waals surface area contributed by atoms with E-state index >= 15 is 0 Å². The number of carbonyl (C=O) groups is 1. The van der Waals surface area contributed by atoms with Gasteiger partial charge in [-0.25, -0.2) is 32.3 Å². The summed E-state index contributed by atoms with van der Waals surface area (Å²) in [6.07, 6.45) is -3.61. The van der Waals surface area contributed by atoms with E-state index in [1.807, 2.05) is 0 Å². The summed E-state index contributed by atoms with van der Waals surface area (Å²) in [5.41, 5.74) is 7.19. The molecule has 13 heteroatoms. The van der Waals surface area contributed by atoms with Crippen molar-refractivity contribution in [1.29, 1.82) is 0 Å². The number of rotatable bonds is 4. The van der Waals surface area contributed by atoms with Gasteiger partial charge in [-0.1, -0.05) is 30.3 Å². The van der Waals surface area contributed by atoms with Gasteiger partial charge in [0.15, 0.2) is 0 Å². The molecule has 0 radical (unpaired) electrons. The molecule has 0 fully saturated rings. The van der Waals surface area contributed by atoms with Crippen molar-refractivity contribution in [3.05, 3.63) is 60.2 Å². The minimum absolute atomic E-state index is 0.0917. The zero-order valence-electron chi connectivity index (χ0n) is 19.7. The van der Waals surface area contributed by atoms with Gasteiger partial charge in [0.2, 0.25) is 16.0 Å². The van der Waals surface area contributed by atoms with E-state index in [1.54, 1.807) is 58.0 Å². The van der Waals surface area contributed by atoms with Crippen LogP contribution < -0.4 is 10.5 Å². The average Bonchev–Trinajstić information content (AvgIpc) is 2.72. The molecule has 3 aromatic rings. The Morgan fingerprint density at radius 3 is 2.11 bits per heavy atom. The molecule has 0 unspecified atom stereocenters. The van der Waals surface area contributed by atoms with Crippen LogP contribution in [0.2, 0.25) is 0 Å². The van der Waals surface area contributed by atoms with Crippen LogP contribution in [0.15, 0.2) is 53.6 Å². The first kappa shape index (κ1) is 28.7. The van der Waals surface area contributed by atoms with Crippen molar-refractivity contribution in [1.82, 2.24) is 14.7 Å². The number of anilines is 1. The molecular weight excluding hydrogens is 504 g/mol. The van der Waals surface area contributed by atoms with Gasteiger partial charge >= 0.3 is 12.1 Å². The molecule has 1 aromatic heterocycles. The summed E-state index contributed by atoms with van der Waals surface area (Å²) in [7, 11) is -3.79. The summed E-state index contributed by atoms with van der Waals surface area (Å²) in [4.78, 5) is 17.0. The standard InChI is InChI=1S/C21H23FN4O2S.C2HF3O2/c1-13-17(12-24-20(23)25-13)16-10-9-14(11-18(16)22)15-7-5-6-8-19(15)29(27,28)26-21(2,3)4;3-2(4,5)1(6)7/h5-12,26H,1-4H3,(H2,23,24,25);(H,6,7). The van der Waals surface area contributed by atoms with Crippen LogP contribution in [-0.2, 0) is 14.8 Å². The highest BCUT2D eigenvalue weighted by Crippen LogP contribution is 2.32. The van der Waals surface area contributed by atoms with Crippen LogP contribution in [0.25, 0.3) is 22.3 Å². The maximum absolute atomic E-state index is 14.9. The Bertz CT molecular complexity index is 1370. The Balaban J connectivity index is 0.000000572. The Hall–Kier alpha value is -3.58. The molecule has 2 aromatic carbocycles. The minimum atomic E-state index is -5.08.